The molecule has 0 saturated carbocycles. The fourth-order valence-corrected chi connectivity index (χ4v) is 2.75. The number of phenols is 1. The fourth-order valence-electron chi connectivity index (χ4n) is 2.75. The smallest absolute Gasteiger partial charge is 0.132 e. The number of rotatable bonds is 4. The highest BCUT2D eigenvalue weighted by atomic mass is 16.3. The molecule has 0 atom stereocenters. The van der Waals surface area contributed by atoms with Gasteiger partial charge in [0.05, 0.1) is 5.69 Å². The first-order valence-corrected chi connectivity index (χ1v) is 8.17. The Bertz CT molecular complexity index is 851. The Morgan fingerprint density at radius 3 is 2.29 bits per heavy atom. The van der Waals surface area contributed by atoms with Crippen LogP contribution in [0.5, 0.6) is 5.75 Å². The summed E-state index contributed by atoms with van der Waals surface area (Å²) < 4.78 is 0. The molecular formula is C22H21NO. The second-order valence-electron chi connectivity index (χ2n) is 6.08. The van der Waals surface area contributed by atoms with Gasteiger partial charge in [0.15, 0.2) is 0 Å². The maximum absolute atomic E-state index is 10.6. The minimum Gasteiger partial charge on any atom is -0.507 e. The van der Waals surface area contributed by atoms with Gasteiger partial charge in [-0.15, -0.1) is 0 Å². The third-order valence-corrected chi connectivity index (χ3v) is 4.05. The Hall–Kier alpha value is -2.87. The molecule has 0 fully saturated rings. The summed E-state index contributed by atoms with van der Waals surface area (Å²) in [6, 6.07) is 23.7. The largest absolute Gasteiger partial charge is 0.507 e. The molecule has 0 unspecified atom stereocenters. The van der Waals surface area contributed by atoms with E-state index in [2.05, 4.69) is 24.9 Å². The number of nitrogens with zero attached hydrogens (tertiary/aromatic N) is 1. The molecule has 0 bridgehead atoms. The Morgan fingerprint density at radius 1 is 0.833 bits per heavy atom. The van der Waals surface area contributed by atoms with E-state index in [0.29, 0.717) is 5.92 Å². The number of benzene rings is 3. The molecule has 24 heavy (non-hydrogen) atoms. The second kappa shape index (κ2) is 7.14. The van der Waals surface area contributed by atoms with Crippen molar-refractivity contribution in [3.05, 3.63) is 83.9 Å². The van der Waals surface area contributed by atoms with Crippen LogP contribution in [0.25, 0.3) is 11.1 Å². The van der Waals surface area contributed by atoms with Gasteiger partial charge in [-0.2, -0.15) is 0 Å². The number of aromatic hydroxyl groups is 1. The molecule has 1 N–H and O–H groups in total. The third-order valence-electron chi connectivity index (χ3n) is 4.05. The topological polar surface area (TPSA) is 32.6 Å². The van der Waals surface area contributed by atoms with E-state index in [0.717, 1.165) is 22.4 Å². The number of hydrogen-bond acceptors (Lipinski definition) is 2. The lowest BCUT2D eigenvalue weighted by Crippen LogP contribution is -1.89. The van der Waals surface area contributed by atoms with Crippen LogP contribution < -0.4 is 0 Å². The quantitative estimate of drug-likeness (QED) is 0.594. The van der Waals surface area contributed by atoms with E-state index >= 15 is 0 Å². The zero-order valence-electron chi connectivity index (χ0n) is 14.0. The zero-order chi connectivity index (χ0) is 16.9. The monoisotopic (exact) mass is 315 g/mol. The molecule has 0 heterocycles. The summed E-state index contributed by atoms with van der Waals surface area (Å²) in [5.41, 5.74) is 4.67. The van der Waals surface area contributed by atoms with E-state index in [1.807, 2.05) is 66.7 Å². The van der Waals surface area contributed by atoms with E-state index < -0.39 is 0 Å². The van der Waals surface area contributed by atoms with Gasteiger partial charge < -0.3 is 5.11 Å². The molecule has 3 aromatic rings. The normalized spacial score (nSPS) is 11.3. The molecular weight excluding hydrogens is 294 g/mol. The Morgan fingerprint density at radius 2 is 1.54 bits per heavy atom. The van der Waals surface area contributed by atoms with Crippen LogP contribution in [0, 0.1) is 0 Å². The van der Waals surface area contributed by atoms with Crippen LogP contribution in [0.3, 0.4) is 0 Å². The molecule has 0 amide bonds. The lowest BCUT2D eigenvalue weighted by atomic mass is 10.0. The zero-order valence-corrected chi connectivity index (χ0v) is 14.0. The Balaban J connectivity index is 1.97. The van der Waals surface area contributed by atoms with Crippen molar-refractivity contribution in [3.8, 4) is 16.9 Å². The minimum absolute atomic E-state index is 0.259. The van der Waals surface area contributed by atoms with E-state index in [9.17, 15) is 5.11 Å². The van der Waals surface area contributed by atoms with E-state index in [1.54, 1.807) is 6.21 Å². The van der Waals surface area contributed by atoms with Crippen LogP contribution in [-0.2, 0) is 0 Å². The molecule has 2 nitrogen and oxygen atoms in total. The van der Waals surface area contributed by atoms with Crippen LogP contribution in [0.4, 0.5) is 5.69 Å². The van der Waals surface area contributed by atoms with Gasteiger partial charge in [0.1, 0.15) is 5.75 Å². The molecule has 0 saturated heterocycles. The molecule has 0 radical (unpaired) electrons. The van der Waals surface area contributed by atoms with Gasteiger partial charge in [-0.25, -0.2) is 0 Å². The molecule has 120 valence electrons. The van der Waals surface area contributed by atoms with Crippen LogP contribution in [-0.4, -0.2) is 11.3 Å². The predicted molar refractivity (Wildman–Crippen MR) is 101 cm³/mol. The van der Waals surface area contributed by atoms with Gasteiger partial charge in [0.25, 0.3) is 0 Å². The van der Waals surface area contributed by atoms with Crippen molar-refractivity contribution >= 4 is 11.9 Å². The summed E-state index contributed by atoms with van der Waals surface area (Å²) >= 11 is 0. The highest BCUT2D eigenvalue weighted by molar-refractivity contribution is 5.90. The minimum atomic E-state index is 0.259. The average molecular weight is 315 g/mol. The number of phenolic OH excluding ortho intramolecular Hbond substituents is 1. The summed E-state index contributed by atoms with van der Waals surface area (Å²) in [5.74, 6) is 0.664. The number of aliphatic imine (C=N–C) groups is 1. The van der Waals surface area contributed by atoms with Crippen molar-refractivity contribution in [2.75, 3.05) is 0 Å². The maximum Gasteiger partial charge on any atom is 0.132 e. The Kier molecular flexibility index (Phi) is 4.76. The summed E-state index contributed by atoms with van der Waals surface area (Å²) in [5, 5.41) is 10.6. The number of hydrogen-bond donors (Lipinski definition) is 1. The average Bonchev–Trinajstić information content (AvgIpc) is 2.62. The lowest BCUT2D eigenvalue weighted by molar-refractivity contribution is 0.476. The van der Waals surface area contributed by atoms with Crippen molar-refractivity contribution in [1.82, 2.24) is 0 Å². The lowest BCUT2D eigenvalue weighted by Gasteiger charge is -2.09. The third kappa shape index (κ3) is 3.38. The second-order valence-corrected chi connectivity index (χ2v) is 6.08. The van der Waals surface area contributed by atoms with Crippen molar-refractivity contribution in [1.29, 1.82) is 0 Å². The van der Waals surface area contributed by atoms with Crippen molar-refractivity contribution in [2.45, 2.75) is 19.8 Å². The summed E-state index contributed by atoms with van der Waals surface area (Å²) in [6.07, 6.45) is 1.74. The van der Waals surface area contributed by atoms with Crippen molar-refractivity contribution in [3.63, 3.8) is 0 Å². The van der Waals surface area contributed by atoms with Crippen molar-refractivity contribution in [2.24, 2.45) is 4.99 Å². The highest BCUT2D eigenvalue weighted by Gasteiger charge is 2.08. The molecule has 0 aliphatic rings. The standard InChI is InChI=1S/C22H21NO/c1-16(2)19-12-6-7-14-21(19)23-15-18-11-8-13-20(22(18)24)17-9-4-3-5-10-17/h3-16,24H,1-2H3. The first-order valence-electron chi connectivity index (χ1n) is 8.17. The first-order chi connectivity index (χ1) is 11.7. The first kappa shape index (κ1) is 16.0. The molecule has 3 aromatic carbocycles. The fraction of sp³-hybridized carbons (Fsp3) is 0.136. The van der Waals surface area contributed by atoms with Gasteiger partial charge in [-0.1, -0.05) is 74.5 Å². The molecule has 0 spiro atoms. The van der Waals surface area contributed by atoms with Gasteiger partial charge >= 0.3 is 0 Å². The Labute approximate surface area is 143 Å². The van der Waals surface area contributed by atoms with Gasteiger partial charge in [0.2, 0.25) is 0 Å². The van der Waals surface area contributed by atoms with Crippen LogP contribution in [0.15, 0.2) is 77.8 Å². The maximum atomic E-state index is 10.6. The van der Waals surface area contributed by atoms with Gasteiger partial charge in [-0.3, -0.25) is 4.99 Å². The highest BCUT2D eigenvalue weighted by Crippen LogP contribution is 2.32. The van der Waals surface area contributed by atoms with Crippen molar-refractivity contribution < 1.29 is 5.11 Å². The van der Waals surface area contributed by atoms with Crippen LogP contribution in [0.1, 0.15) is 30.9 Å². The molecule has 0 aliphatic carbocycles. The molecule has 2 heteroatoms. The van der Waals surface area contributed by atoms with Gasteiger partial charge in [-0.05, 0) is 29.2 Å². The summed E-state index contributed by atoms with van der Waals surface area (Å²) in [7, 11) is 0. The SMILES string of the molecule is CC(C)c1ccccc1N=Cc1cccc(-c2ccccc2)c1O. The number of para-hydroxylation sites is 2. The molecule has 3 rings (SSSR count). The summed E-state index contributed by atoms with van der Waals surface area (Å²) in [4.78, 5) is 4.61. The van der Waals surface area contributed by atoms with E-state index in [-0.39, 0.29) is 5.75 Å². The van der Waals surface area contributed by atoms with E-state index in [1.165, 1.54) is 5.56 Å². The predicted octanol–water partition coefficient (Wildman–Crippen LogP) is 5.93. The van der Waals surface area contributed by atoms with Crippen LogP contribution in [0.2, 0.25) is 0 Å². The molecule has 0 aromatic heterocycles. The molecule has 0 aliphatic heterocycles. The van der Waals surface area contributed by atoms with Gasteiger partial charge in [0, 0.05) is 17.3 Å². The summed E-state index contributed by atoms with van der Waals surface area (Å²) in [6.45, 7) is 4.31. The van der Waals surface area contributed by atoms with E-state index in [4.69, 9.17) is 0 Å². The van der Waals surface area contributed by atoms with Crippen LogP contribution >= 0.6 is 0 Å².